The molecule has 0 spiro atoms. The molecule has 0 aliphatic rings. The molecule has 16 heavy (non-hydrogen) atoms. The number of nitrogen functional groups attached to an aromatic ring is 1. The molecule has 5 nitrogen and oxygen atoms in total. The average molecular weight is 215 g/mol. The van der Waals surface area contributed by atoms with Gasteiger partial charge in [-0.2, -0.15) is 5.10 Å². The SMILES string of the molecule is C#Cc1nc(N)c2cnn(CC(C)C)c2n1. The number of hydrogen-bond donors (Lipinski definition) is 1. The zero-order valence-electron chi connectivity index (χ0n) is 9.31. The highest BCUT2D eigenvalue weighted by Crippen LogP contribution is 2.17. The van der Waals surface area contributed by atoms with Gasteiger partial charge in [0.15, 0.2) is 5.65 Å². The summed E-state index contributed by atoms with van der Waals surface area (Å²) in [5.74, 6) is 3.55. The van der Waals surface area contributed by atoms with E-state index in [-0.39, 0.29) is 0 Å². The van der Waals surface area contributed by atoms with E-state index in [9.17, 15) is 0 Å². The van der Waals surface area contributed by atoms with Crippen LogP contribution in [0.4, 0.5) is 5.82 Å². The quantitative estimate of drug-likeness (QED) is 0.760. The molecule has 0 fully saturated rings. The van der Waals surface area contributed by atoms with Gasteiger partial charge in [-0.25, -0.2) is 14.6 Å². The first-order valence-electron chi connectivity index (χ1n) is 5.07. The van der Waals surface area contributed by atoms with Crippen molar-refractivity contribution < 1.29 is 0 Å². The summed E-state index contributed by atoms with van der Waals surface area (Å²) < 4.78 is 1.80. The highest BCUT2D eigenvalue weighted by molar-refractivity contribution is 5.85. The number of nitrogens with zero attached hydrogens (tertiary/aromatic N) is 4. The first-order chi connectivity index (χ1) is 7.61. The minimum absolute atomic E-state index is 0.301. The van der Waals surface area contributed by atoms with Crippen molar-refractivity contribution in [2.75, 3.05) is 5.73 Å². The fourth-order valence-corrected chi connectivity index (χ4v) is 1.52. The van der Waals surface area contributed by atoms with Crippen LogP contribution in [0, 0.1) is 18.3 Å². The molecular formula is C11H13N5. The van der Waals surface area contributed by atoms with Crippen LogP contribution in [0.3, 0.4) is 0 Å². The second-order valence-corrected chi connectivity index (χ2v) is 4.03. The van der Waals surface area contributed by atoms with Crippen molar-refractivity contribution in [2.24, 2.45) is 5.92 Å². The first kappa shape index (κ1) is 10.4. The highest BCUT2D eigenvalue weighted by atomic mass is 15.3. The maximum atomic E-state index is 5.78. The van der Waals surface area contributed by atoms with Crippen molar-refractivity contribution in [1.82, 2.24) is 19.7 Å². The Morgan fingerprint density at radius 2 is 2.25 bits per heavy atom. The molecule has 0 aliphatic heterocycles. The van der Waals surface area contributed by atoms with E-state index < -0.39 is 0 Å². The summed E-state index contributed by atoms with van der Waals surface area (Å²) in [6.07, 6.45) is 6.94. The predicted octanol–water partition coefficient (Wildman–Crippen LogP) is 1.05. The normalized spacial score (nSPS) is 10.9. The van der Waals surface area contributed by atoms with Crippen LogP contribution in [0.5, 0.6) is 0 Å². The standard InChI is InChI=1S/C11H13N5/c1-4-9-14-10(12)8-5-13-16(6-7(2)3)11(8)15-9/h1,5,7H,6H2,2-3H3,(H2,12,14,15). The smallest absolute Gasteiger partial charge is 0.208 e. The largest absolute Gasteiger partial charge is 0.383 e. The molecule has 0 unspecified atom stereocenters. The van der Waals surface area contributed by atoms with Crippen molar-refractivity contribution in [3.8, 4) is 12.3 Å². The minimum Gasteiger partial charge on any atom is -0.383 e. The van der Waals surface area contributed by atoms with Gasteiger partial charge in [0.2, 0.25) is 5.82 Å². The number of rotatable bonds is 2. The minimum atomic E-state index is 0.301. The van der Waals surface area contributed by atoms with E-state index in [2.05, 4.69) is 34.8 Å². The maximum absolute atomic E-state index is 5.78. The number of hydrogen-bond acceptors (Lipinski definition) is 4. The Morgan fingerprint density at radius 1 is 1.50 bits per heavy atom. The fraction of sp³-hybridized carbons (Fsp3) is 0.364. The highest BCUT2D eigenvalue weighted by Gasteiger charge is 2.10. The summed E-state index contributed by atoms with van der Waals surface area (Å²) >= 11 is 0. The monoisotopic (exact) mass is 215 g/mol. The van der Waals surface area contributed by atoms with Crippen LogP contribution in [0.1, 0.15) is 19.7 Å². The van der Waals surface area contributed by atoms with Crippen LogP contribution in [-0.4, -0.2) is 19.7 Å². The first-order valence-corrected chi connectivity index (χ1v) is 5.07. The van der Waals surface area contributed by atoms with Crippen LogP contribution >= 0.6 is 0 Å². The van der Waals surface area contributed by atoms with Crippen LogP contribution in [0.15, 0.2) is 6.20 Å². The van der Waals surface area contributed by atoms with Gasteiger partial charge >= 0.3 is 0 Å². The Labute approximate surface area is 93.7 Å². The van der Waals surface area contributed by atoms with Gasteiger partial charge in [-0.15, -0.1) is 6.42 Å². The second-order valence-electron chi connectivity index (χ2n) is 4.03. The van der Waals surface area contributed by atoms with E-state index in [0.29, 0.717) is 23.2 Å². The second kappa shape index (κ2) is 3.81. The molecule has 0 amide bonds. The average Bonchev–Trinajstić information content (AvgIpc) is 2.61. The summed E-state index contributed by atoms with van der Waals surface area (Å²) in [5.41, 5.74) is 6.48. The Kier molecular flexibility index (Phi) is 2.49. The Hall–Kier alpha value is -2.09. The fourth-order valence-electron chi connectivity index (χ4n) is 1.52. The van der Waals surface area contributed by atoms with E-state index in [1.54, 1.807) is 10.9 Å². The molecule has 0 radical (unpaired) electrons. The molecule has 0 aromatic carbocycles. The summed E-state index contributed by atoms with van der Waals surface area (Å²) in [5, 5.41) is 4.99. The van der Waals surface area contributed by atoms with E-state index in [1.807, 2.05) is 0 Å². The maximum Gasteiger partial charge on any atom is 0.208 e. The predicted molar refractivity (Wildman–Crippen MR) is 62.5 cm³/mol. The summed E-state index contributed by atoms with van der Waals surface area (Å²) in [4.78, 5) is 8.23. The van der Waals surface area contributed by atoms with E-state index in [1.165, 1.54) is 0 Å². The summed E-state index contributed by atoms with van der Waals surface area (Å²) in [6.45, 7) is 5.00. The molecule has 0 bridgehead atoms. The molecule has 0 atom stereocenters. The number of anilines is 1. The van der Waals surface area contributed by atoms with Gasteiger partial charge in [0.05, 0.1) is 11.6 Å². The van der Waals surface area contributed by atoms with Crippen molar-refractivity contribution in [1.29, 1.82) is 0 Å². The van der Waals surface area contributed by atoms with E-state index in [0.717, 1.165) is 11.9 Å². The van der Waals surface area contributed by atoms with E-state index >= 15 is 0 Å². The van der Waals surface area contributed by atoms with Crippen molar-refractivity contribution in [3.05, 3.63) is 12.0 Å². The van der Waals surface area contributed by atoms with E-state index in [4.69, 9.17) is 12.2 Å². The molecule has 0 saturated heterocycles. The lowest BCUT2D eigenvalue weighted by Crippen LogP contribution is -2.07. The van der Waals surface area contributed by atoms with Gasteiger partial charge in [-0.3, -0.25) is 0 Å². The van der Waals surface area contributed by atoms with Crippen molar-refractivity contribution >= 4 is 16.9 Å². The Morgan fingerprint density at radius 3 is 2.88 bits per heavy atom. The number of aromatic nitrogens is 4. The third-order valence-electron chi connectivity index (χ3n) is 2.19. The number of nitrogens with two attached hydrogens (primary N) is 1. The lowest BCUT2D eigenvalue weighted by atomic mass is 10.2. The van der Waals surface area contributed by atoms with Crippen LogP contribution in [-0.2, 0) is 6.54 Å². The van der Waals surface area contributed by atoms with Gasteiger partial charge in [0.25, 0.3) is 0 Å². The molecular weight excluding hydrogens is 202 g/mol. The van der Waals surface area contributed by atoms with Crippen molar-refractivity contribution in [3.63, 3.8) is 0 Å². The molecule has 5 heteroatoms. The number of fused-ring (bicyclic) bond motifs is 1. The molecule has 2 aromatic rings. The third kappa shape index (κ3) is 1.70. The zero-order chi connectivity index (χ0) is 11.7. The topological polar surface area (TPSA) is 69.6 Å². The number of terminal acetylenes is 1. The lowest BCUT2D eigenvalue weighted by molar-refractivity contribution is 0.492. The third-order valence-corrected chi connectivity index (χ3v) is 2.19. The van der Waals surface area contributed by atoms with Gasteiger partial charge in [-0.1, -0.05) is 13.8 Å². The molecule has 82 valence electrons. The zero-order valence-corrected chi connectivity index (χ0v) is 9.31. The van der Waals surface area contributed by atoms with Crippen LogP contribution < -0.4 is 5.73 Å². The molecule has 0 saturated carbocycles. The van der Waals surface area contributed by atoms with Gasteiger partial charge < -0.3 is 5.73 Å². The molecule has 2 aromatic heterocycles. The summed E-state index contributed by atoms with van der Waals surface area (Å²) in [7, 11) is 0. The van der Waals surface area contributed by atoms with Crippen LogP contribution in [0.2, 0.25) is 0 Å². The van der Waals surface area contributed by atoms with Crippen LogP contribution in [0.25, 0.3) is 11.0 Å². The molecule has 2 heterocycles. The van der Waals surface area contributed by atoms with Gasteiger partial charge in [0, 0.05) is 6.54 Å². The molecule has 2 rings (SSSR count). The van der Waals surface area contributed by atoms with Gasteiger partial charge in [-0.05, 0) is 11.8 Å². The molecule has 0 aliphatic carbocycles. The Bertz CT molecular complexity index is 561. The Balaban J connectivity index is 2.62. The lowest BCUT2D eigenvalue weighted by Gasteiger charge is -2.05. The summed E-state index contributed by atoms with van der Waals surface area (Å²) in [6, 6.07) is 0. The van der Waals surface area contributed by atoms with Crippen molar-refractivity contribution in [2.45, 2.75) is 20.4 Å². The van der Waals surface area contributed by atoms with Gasteiger partial charge in [0.1, 0.15) is 5.82 Å². The molecule has 2 N–H and O–H groups in total.